The van der Waals surface area contributed by atoms with Crippen LogP contribution in [-0.2, 0) is 17.6 Å². The van der Waals surface area contributed by atoms with E-state index in [0.29, 0.717) is 37.7 Å². The van der Waals surface area contributed by atoms with Gasteiger partial charge in [-0.05, 0) is 37.7 Å². The van der Waals surface area contributed by atoms with Crippen molar-refractivity contribution in [2.45, 2.75) is 51.4 Å². The number of hydrogen-bond acceptors (Lipinski definition) is 3. The first-order chi connectivity index (χ1) is 13.1. The average Bonchev–Trinajstić information content (AvgIpc) is 3.09. The molecule has 0 radical (unpaired) electrons. The zero-order valence-corrected chi connectivity index (χ0v) is 15.9. The molecule has 1 fully saturated rings. The van der Waals surface area contributed by atoms with Crippen molar-refractivity contribution < 1.29 is 4.79 Å². The average molecular weight is 365 g/mol. The van der Waals surface area contributed by atoms with Crippen molar-refractivity contribution >= 4 is 5.91 Å². The Kier molecular flexibility index (Phi) is 5.10. The molecule has 1 amide bonds. The molecule has 0 saturated heterocycles. The molecule has 1 aromatic heterocycles. The Morgan fingerprint density at radius 3 is 2.59 bits per heavy atom. The normalized spacial score (nSPS) is 18.8. The standard InChI is InChI=1S/C22H27N3O2/c1-15-23-19-12-14-25(13-11-18(19)21(26)24-15)22(27)20(17-9-5-6-10-17)16-7-3-2-4-8-16/h2-4,7-8,17,20H,5-6,9-14H2,1H3,(H,23,24,26)/t20-/m0/s1. The van der Waals surface area contributed by atoms with Crippen LogP contribution in [0.4, 0.5) is 0 Å². The highest BCUT2D eigenvalue weighted by molar-refractivity contribution is 5.84. The molecule has 5 heteroatoms. The van der Waals surface area contributed by atoms with Crippen molar-refractivity contribution in [3.63, 3.8) is 0 Å². The van der Waals surface area contributed by atoms with E-state index in [9.17, 15) is 9.59 Å². The number of nitrogens with zero attached hydrogens (tertiary/aromatic N) is 2. The second kappa shape index (κ2) is 7.67. The molecule has 0 spiro atoms. The van der Waals surface area contributed by atoms with Gasteiger partial charge in [0.1, 0.15) is 5.82 Å². The number of carbonyl (C=O) groups excluding carboxylic acids is 1. The van der Waals surface area contributed by atoms with Crippen molar-refractivity contribution in [2.24, 2.45) is 5.92 Å². The van der Waals surface area contributed by atoms with Gasteiger partial charge >= 0.3 is 0 Å². The molecule has 0 bridgehead atoms. The molecule has 2 aromatic rings. The Morgan fingerprint density at radius 2 is 1.85 bits per heavy atom. The molecule has 1 atom stereocenters. The molecule has 2 heterocycles. The third-order valence-corrected chi connectivity index (χ3v) is 6.08. The lowest BCUT2D eigenvalue weighted by molar-refractivity contribution is -0.134. The molecule has 1 aliphatic carbocycles. The Morgan fingerprint density at radius 1 is 1.15 bits per heavy atom. The zero-order valence-electron chi connectivity index (χ0n) is 15.9. The van der Waals surface area contributed by atoms with Crippen molar-refractivity contribution in [3.05, 3.63) is 63.3 Å². The van der Waals surface area contributed by atoms with Crippen LogP contribution in [-0.4, -0.2) is 33.9 Å². The number of hydrogen-bond donors (Lipinski definition) is 1. The molecule has 27 heavy (non-hydrogen) atoms. The Labute approximate surface area is 159 Å². The second-order valence-corrected chi connectivity index (χ2v) is 7.83. The SMILES string of the molecule is Cc1nc2c(c(=O)[nH]1)CCN(C(=O)[C@@H](c1ccccc1)C1CCCC1)CC2. The quantitative estimate of drug-likeness (QED) is 0.909. The molecule has 1 N–H and O–H groups in total. The van der Waals surface area contributed by atoms with Gasteiger partial charge in [-0.15, -0.1) is 0 Å². The Bertz CT molecular complexity index is 869. The topological polar surface area (TPSA) is 66.1 Å². The number of rotatable bonds is 3. The van der Waals surface area contributed by atoms with E-state index in [1.807, 2.05) is 23.1 Å². The van der Waals surface area contributed by atoms with Crippen LogP contribution in [0.2, 0.25) is 0 Å². The van der Waals surface area contributed by atoms with E-state index < -0.39 is 0 Å². The molecule has 1 aromatic carbocycles. The van der Waals surface area contributed by atoms with Gasteiger partial charge in [-0.2, -0.15) is 0 Å². The maximum absolute atomic E-state index is 13.6. The van der Waals surface area contributed by atoms with E-state index in [2.05, 4.69) is 22.1 Å². The summed E-state index contributed by atoms with van der Waals surface area (Å²) in [5, 5.41) is 0. The van der Waals surface area contributed by atoms with Crippen LogP contribution < -0.4 is 5.56 Å². The van der Waals surface area contributed by atoms with Crippen LogP contribution in [0.25, 0.3) is 0 Å². The number of nitrogens with one attached hydrogen (secondary N) is 1. The maximum atomic E-state index is 13.6. The first kappa shape index (κ1) is 18.0. The van der Waals surface area contributed by atoms with Crippen LogP contribution in [0.5, 0.6) is 0 Å². The highest BCUT2D eigenvalue weighted by Crippen LogP contribution is 2.38. The van der Waals surface area contributed by atoms with E-state index >= 15 is 0 Å². The number of aromatic amines is 1. The van der Waals surface area contributed by atoms with Crippen LogP contribution >= 0.6 is 0 Å². The summed E-state index contributed by atoms with van der Waals surface area (Å²) in [6, 6.07) is 10.2. The summed E-state index contributed by atoms with van der Waals surface area (Å²) in [4.78, 5) is 35.1. The highest BCUT2D eigenvalue weighted by Gasteiger charge is 2.35. The number of carbonyl (C=O) groups is 1. The fraction of sp³-hybridized carbons (Fsp3) is 0.500. The Balaban J connectivity index is 1.59. The van der Waals surface area contributed by atoms with Crippen molar-refractivity contribution in [1.82, 2.24) is 14.9 Å². The molecular weight excluding hydrogens is 338 g/mol. The molecule has 4 rings (SSSR count). The monoisotopic (exact) mass is 365 g/mol. The van der Waals surface area contributed by atoms with E-state index in [0.717, 1.165) is 29.7 Å². The van der Waals surface area contributed by atoms with Gasteiger partial charge in [0.05, 0.1) is 11.6 Å². The predicted molar refractivity (Wildman–Crippen MR) is 105 cm³/mol. The summed E-state index contributed by atoms with van der Waals surface area (Å²) in [7, 11) is 0. The summed E-state index contributed by atoms with van der Waals surface area (Å²) in [6.45, 7) is 3.04. The molecular formula is C22H27N3O2. The second-order valence-electron chi connectivity index (χ2n) is 7.83. The molecule has 0 unspecified atom stereocenters. The van der Waals surface area contributed by atoms with Gasteiger partial charge in [-0.1, -0.05) is 43.2 Å². The number of benzene rings is 1. The lowest BCUT2D eigenvalue weighted by Crippen LogP contribution is -2.39. The van der Waals surface area contributed by atoms with E-state index in [-0.39, 0.29) is 17.4 Å². The van der Waals surface area contributed by atoms with Crippen LogP contribution in [0.15, 0.2) is 35.1 Å². The van der Waals surface area contributed by atoms with Gasteiger partial charge in [-0.25, -0.2) is 4.98 Å². The summed E-state index contributed by atoms with van der Waals surface area (Å²) < 4.78 is 0. The molecule has 1 saturated carbocycles. The van der Waals surface area contributed by atoms with Crippen molar-refractivity contribution in [1.29, 1.82) is 0 Å². The van der Waals surface area contributed by atoms with Gasteiger partial charge < -0.3 is 9.88 Å². The lowest BCUT2D eigenvalue weighted by Gasteiger charge is -2.30. The van der Waals surface area contributed by atoms with Gasteiger partial charge in [0.25, 0.3) is 5.56 Å². The summed E-state index contributed by atoms with van der Waals surface area (Å²) in [6.07, 6.45) is 5.91. The largest absolute Gasteiger partial charge is 0.341 e. The van der Waals surface area contributed by atoms with Gasteiger partial charge in [0, 0.05) is 25.1 Å². The minimum Gasteiger partial charge on any atom is -0.341 e. The van der Waals surface area contributed by atoms with Crippen LogP contribution in [0, 0.1) is 12.8 Å². The molecule has 142 valence electrons. The number of fused-ring (bicyclic) bond motifs is 1. The molecule has 5 nitrogen and oxygen atoms in total. The van der Waals surface area contributed by atoms with Gasteiger partial charge in [0.2, 0.25) is 5.91 Å². The van der Waals surface area contributed by atoms with Gasteiger partial charge in [-0.3, -0.25) is 9.59 Å². The third kappa shape index (κ3) is 3.68. The van der Waals surface area contributed by atoms with Crippen LogP contribution in [0.3, 0.4) is 0 Å². The third-order valence-electron chi connectivity index (χ3n) is 6.08. The van der Waals surface area contributed by atoms with Crippen molar-refractivity contribution in [3.8, 4) is 0 Å². The number of aryl methyl sites for hydroxylation is 1. The van der Waals surface area contributed by atoms with E-state index in [4.69, 9.17) is 0 Å². The zero-order chi connectivity index (χ0) is 18.8. The summed E-state index contributed by atoms with van der Waals surface area (Å²) >= 11 is 0. The van der Waals surface area contributed by atoms with E-state index in [1.54, 1.807) is 6.92 Å². The smallest absolute Gasteiger partial charge is 0.254 e. The lowest BCUT2D eigenvalue weighted by atomic mass is 9.83. The van der Waals surface area contributed by atoms with Gasteiger partial charge in [0.15, 0.2) is 0 Å². The maximum Gasteiger partial charge on any atom is 0.254 e. The predicted octanol–water partition coefficient (Wildman–Crippen LogP) is 2.98. The first-order valence-corrected chi connectivity index (χ1v) is 10.1. The number of aromatic nitrogens is 2. The first-order valence-electron chi connectivity index (χ1n) is 10.1. The fourth-order valence-corrected chi connectivity index (χ4v) is 4.72. The fourth-order valence-electron chi connectivity index (χ4n) is 4.72. The number of amides is 1. The van der Waals surface area contributed by atoms with E-state index in [1.165, 1.54) is 12.8 Å². The highest BCUT2D eigenvalue weighted by atomic mass is 16.2. The molecule has 2 aliphatic rings. The summed E-state index contributed by atoms with van der Waals surface area (Å²) in [5.41, 5.74) is 2.67. The van der Waals surface area contributed by atoms with Crippen LogP contribution in [0.1, 0.15) is 54.2 Å². The number of H-pyrrole nitrogens is 1. The molecule has 1 aliphatic heterocycles. The van der Waals surface area contributed by atoms with Crippen molar-refractivity contribution in [2.75, 3.05) is 13.1 Å². The minimum atomic E-state index is -0.0668. The summed E-state index contributed by atoms with van der Waals surface area (Å²) in [5.74, 6) is 1.22. The Hall–Kier alpha value is -2.43. The minimum absolute atomic E-state index is 0.0535.